The molecule has 0 aliphatic rings. The number of para-hydroxylation sites is 5. The molecule has 0 saturated heterocycles. The maximum atomic E-state index is 6.36. The minimum atomic E-state index is 0.527. The summed E-state index contributed by atoms with van der Waals surface area (Å²) in [5.41, 5.74) is 10.7. The number of furan rings is 1. The molecule has 280 valence electrons. The van der Waals surface area contributed by atoms with Crippen LogP contribution in [0.15, 0.2) is 186 Å². The summed E-state index contributed by atoms with van der Waals surface area (Å²) in [6.07, 6.45) is 0. The number of thiazole rings is 1. The molecule has 0 saturated carbocycles. The predicted octanol–water partition coefficient (Wildman–Crippen LogP) is 13.6. The fourth-order valence-electron chi connectivity index (χ4n) is 9.06. The molecule has 13 aromatic rings. The van der Waals surface area contributed by atoms with Gasteiger partial charge >= 0.3 is 0 Å². The van der Waals surface area contributed by atoms with E-state index in [0.29, 0.717) is 17.6 Å². The van der Waals surface area contributed by atoms with E-state index < -0.39 is 0 Å². The van der Waals surface area contributed by atoms with Gasteiger partial charge in [-0.05, 0) is 48.5 Å². The van der Waals surface area contributed by atoms with E-state index in [1.54, 1.807) is 11.3 Å². The van der Waals surface area contributed by atoms with Gasteiger partial charge in [0.05, 0.1) is 38.0 Å². The van der Waals surface area contributed by atoms with E-state index in [9.17, 15) is 0 Å². The predicted molar refractivity (Wildman–Crippen MR) is 245 cm³/mol. The Hall–Kier alpha value is -7.94. The fraction of sp³-hybridized carbons (Fsp3) is 0. The van der Waals surface area contributed by atoms with E-state index >= 15 is 0 Å². The molecule has 8 heteroatoms. The lowest BCUT2D eigenvalue weighted by molar-refractivity contribution is 0.669. The molecule has 0 aliphatic heterocycles. The van der Waals surface area contributed by atoms with Crippen molar-refractivity contribution >= 4 is 87.1 Å². The third-order valence-electron chi connectivity index (χ3n) is 11.6. The Morgan fingerprint density at radius 1 is 0.417 bits per heavy atom. The zero-order valence-corrected chi connectivity index (χ0v) is 32.6. The first kappa shape index (κ1) is 33.1. The normalized spacial score (nSPS) is 12.0. The van der Waals surface area contributed by atoms with E-state index in [-0.39, 0.29) is 0 Å². The molecule has 0 atom stereocenters. The first-order chi connectivity index (χ1) is 29.8. The molecular weight excluding hydrogens is 757 g/mol. The maximum absolute atomic E-state index is 6.36. The Morgan fingerprint density at radius 2 is 1.03 bits per heavy atom. The van der Waals surface area contributed by atoms with Crippen molar-refractivity contribution < 1.29 is 4.42 Å². The number of rotatable bonds is 5. The topological polar surface area (TPSA) is 74.6 Å². The second kappa shape index (κ2) is 12.8. The van der Waals surface area contributed by atoms with Gasteiger partial charge in [-0.25, -0.2) is 9.97 Å². The quantitative estimate of drug-likeness (QED) is 0.174. The van der Waals surface area contributed by atoms with Crippen molar-refractivity contribution in [1.82, 2.24) is 29.1 Å². The van der Waals surface area contributed by atoms with E-state index in [0.717, 1.165) is 103 Å². The smallest absolute Gasteiger partial charge is 0.238 e. The van der Waals surface area contributed by atoms with Crippen LogP contribution in [0.5, 0.6) is 0 Å². The zero-order valence-electron chi connectivity index (χ0n) is 31.8. The number of hydrogen-bond donors (Lipinski definition) is 0. The largest absolute Gasteiger partial charge is 0.456 e. The summed E-state index contributed by atoms with van der Waals surface area (Å²) in [6.45, 7) is 0. The molecule has 13 rings (SSSR count). The van der Waals surface area contributed by atoms with Crippen LogP contribution in [-0.4, -0.2) is 29.1 Å². The van der Waals surface area contributed by atoms with Crippen molar-refractivity contribution in [3.8, 4) is 45.0 Å². The number of aromatic nitrogens is 6. The molecule has 0 N–H and O–H groups in total. The molecule has 60 heavy (non-hydrogen) atoms. The third-order valence-corrected chi connectivity index (χ3v) is 12.7. The lowest BCUT2D eigenvalue weighted by Crippen LogP contribution is -2.07. The summed E-state index contributed by atoms with van der Waals surface area (Å²) < 4.78 is 12.2. The second-order valence-corrected chi connectivity index (χ2v) is 16.0. The van der Waals surface area contributed by atoms with Gasteiger partial charge in [-0.1, -0.05) is 133 Å². The average molecular weight is 787 g/mol. The maximum Gasteiger partial charge on any atom is 0.238 e. The molecule has 8 aromatic carbocycles. The van der Waals surface area contributed by atoms with Crippen LogP contribution in [-0.2, 0) is 0 Å². The third kappa shape index (κ3) is 4.82. The standard InChI is InChI=1S/C52H30N6OS/c1-2-15-31(16-3-1)49-54-50(38-21-14-27-44-46(38)37-20-7-12-26-43(37)59-44)56-52(55-49)58-41-24-10-5-18-33(41)35-30-29-34-32-17-4-9-23-40(32)57(47(34)48(35)58)42-25-11-6-19-36(42)51-53-39-22-8-13-28-45(39)60-51/h1-30H. The molecule has 0 radical (unpaired) electrons. The van der Waals surface area contributed by atoms with E-state index in [4.69, 9.17) is 24.4 Å². The Labute approximate surface area is 346 Å². The highest BCUT2D eigenvalue weighted by atomic mass is 32.1. The summed E-state index contributed by atoms with van der Waals surface area (Å²) in [5.74, 6) is 1.68. The van der Waals surface area contributed by atoms with E-state index in [1.807, 2.05) is 54.6 Å². The molecule has 0 bridgehead atoms. The molecule has 7 nitrogen and oxygen atoms in total. The molecule has 0 aliphatic carbocycles. The van der Waals surface area contributed by atoms with Gasteiger partial charge in [-0.15, -0.1) is 11.3 Å². The van der Waals surface area contributed by atoms with Gasteiger partial charge < -0.3 is 8.98 Å². The molecule has 5 aromatic heterocycles. The van der Waals surface area contributed by atoms with Gasteiger partial charge in [0.1, 0.15) is 16.2 Å². The highest BCUT2D eigenvalue weighted by molar-refractivity contribution is 7.21. The van der Waals surface area contributed by atoms with Gasteiger partial charge in [0.25, 0.3) is 0 Å². The lowest BCUT2D eigenvalue weighted by Gasteiger charge is -2.15. The summed E-state index contributed by atoms with van der Waals surface area (Å²) in [5, 5.41) is 7.46. The highest BCUT2D eigenvalue weighted by Gasteiger charge is 2.25. The van der Waals surface area contributed by atoms with E-state index in [1.165, 1.54) is 0 Å². The van der Waals surface area contributed by atoms with Crippen LogP contribution in [0.4, 0.5) is 0 Å². The van der Waals surface area contributed by atoms with Crippen molar-refractivity contribution in [2.75, 3.05) is 0 Å². The van der Waals surface area contributed by atoms with Gasteiger partial charge in [0, 0.05) is 49.0 Å². The number of nitrogens with zero attached hydrogens (tertiary/aromatic N) is 6. The van der Waals surface area contributed by atoms with Crippen molar-refractivity contribution in [2.45, 2.75) is 0 Å². The number of fused-ring (bicyclic) bond motifs is 11. The number of hydrogen-bond acceptors (Lipinski definition) is 6. The van der Waals surface area contributed by atoms with Crippen LogP contribution in [0, 0.1) is 0 Å². The Bertz CT molecular complexity index is 3820. The monoisotopic (exact) mass is 786 g/mol. The van der Waals surface area contributed by atoms with Gasteiger partial charge in [0.2, 0.25) is 5.95 Å². The number of benzene rings is 8. The van der Waals surface area contributed by atoms with E-state index in [2.05, 4.69) is 137 Å². The summed E-state index contributed by atoms with van der Waals surface area (Å²) >= 11 is 1.72. The summed E-state index contributed by atoms with van der Waals surface area (Å²) in [7, 11) is 0. The highest BCUT2D eigenvalue weighted by Crippen LogP contribution is 2.44. The minimum Gasteiger partial charge on any atom is -0.456 e. The van der Waals surface area contributed by atoms with Crippen molar-refractivity contribution in [2.24, 2.45) is 0 Å². The van der Waals surface area contributed by atoms with Gasteiger partial charge in [-0.3, -0.25) is 4.57 Å². The molecule has 0 fully saturated rings. The Kier molecular flexibility index (Phi) is 7.05. The first-order valence-corrected chi connectivity index (χ1v) is 20.7. The molecule has 5 heterocycles. The van der Waals surface area contributed by atoms with Crippen LogP contribution in [0.1, 0.15) is 0 Å². The summed E-state index contributed by atoms with van der Waals surface area (Å²) in [4.78, 5) is 21.2. The second-order valence-electron chi connectivity index (χ2n) is 15.0. The van der Waals surface area contributed by atoms with Crippen molar-refractivity contribution in [1.29, 1.82) is 0 Å². The molecule has 0 amide bonds. The SMILES string of the molecule is c1ccc(-c2nc(-c3cccc4oc5ccccc5c34)nc(-n3c4ccccc4c4ccc5c6ccccc6n(-c6ccccc6-c6nc7ccccc7s6)c5c43)n2)cc1. The van der Waals surface area contributed by atoms with Crippen molar-refractivity contribution in [3.63, 3.8) is 0 Å². The molecular formula is C52H30N6OS. The van der Waals surface area contributed by atoms with Crippen LogP contribution >= 0.6 is 11.3 Å². The Balaban J connectivity index is 1.17. The minimum absolute atomic E-state index is 0.527. The average Bonchev–Trinajstić information content (AvgIpc) is 4.08. The van der Waals surface area contributed by atoms with Gasteiger partial charge in [0.15, 0.2) is 11.6 Å². The van der Waals surface area contributed by atoms with Gasteiger partial charge in [-0.2, -0.15) is 9.97 Å². The van der Waals surface area contributed by atoms with Crippen LogP contribution in [0.3, 0.4) is 0 Å². The Morgan fingerprint density at radius 3 is 1.85 bits per heavy atom. The first-order valence-electron chi connectivity index (χ1n) is 19.9. The molecule has 0 spiro atoms. The fourth-order valence-corrected chi connectivity index (χ4v) is 10.1. The summed E-state index contributed by atoms with van der Waals surface area (Å²) in [6, 6.07) is 63.1. The van der Waals surface area contributed by atoms with Crippen molar-refractivity contribution in [3.05, 3.63) is 182 Å². The molecule has 0 unspecified atom stereocenters. The van der Waals surface area contributed by atoms with Crippen LogP contribution in [0.25, 0.3) is 121 Å². The lowest BCUT2D eigenvalue weighted by atomic mass is 10.1. The zero-order chi connectivity index (χ0) is 39.3. The van der Waals surface area contributed by atoms with Crippen LogP contribution in [0.2, 0.25) is 0 Å². The van der Waals surface area contributed by atoms with Crippen LogP contribution < -0.4 is 0 Å².